The minimum atomic E-state index is -3.38. The Kier molecular flexibility index (Phi) is 8.96. The SMILES string of the molecule is COCCNC(=O)CNS(=O)(=O)CCCCN. The van der Waals surface area contributed by atoms with Crippen LogP contribution in [-0.2, 0) is 19.6 Å². The summed E-state index contributed by atoms with van der Waals surface area (Å²) in [6.45, 7) is 0.987. The number of rotatable bonds is 10. The summed E-state index contributed by atoms with van der Waals surface area (Å²) in [6.07, 6.45) is 1.15. The average molecular weight is 267 g/mol. The average Bonchev–Trinajstić information content (AvgIpc) is 2.27. The number of unbranched alkanes of at least 4 members (excludes halogenated alkanes) is 1. The maximum atomic E-state index is 11.4. The first-order valence-electron chi connectivity index (χ1n) is 5.45. The van der Waals surface area contributed by atoms with Crippen LogP contribution in [0.15, 0.2) is 0 Å². The van der Waals surface area contributed by atoms with Crippen LogP contribution in [0.3, 0.4) is 0 Å². The lowest BCUT2D eigenvalue weighted by atomic mass is 10.3. The van der Waals surface area contributed by atoms with Crippen LogP contribution in [0.25, 0.3) is 0 Å². The molecule has 1 amide bonds. The van der Waals surface area contributed by atoms with Crippen molar-refractivity contribution in [3.63, 3.8) is 0 Å². The minimum absolute atomic E-state index is 0.00441. The molecule has 0 saturated heterocycles. The van der Waals surface area contributed by atoms with Gasteiger partial charge in [0, 0.05) is 13.7 Å². The van der Waals surface area contributed by atoms with Crippen molar-refractivity contribution in [2.75, 3.05) is 39.1 Å². The van der Waals surface area contributed by atoms with Gasteiger partial charge in [0.1, 0.15) is 0 Å². The number of ether oxygens (including phenoxy) is 1. The van der Waals surface area contributed by atoms with Crippen LogP contribution in [0.5, 0.6) is 0 Å². The summed E-state index contributed by atoms with van der Waals surface area (Å²) in [5.74, 6) is -0.375. The molecule has 0 rings (SSSR count). The van der Waals surface area contributed by atoms with Crippen LogP contribution in [0, 0.1) is 0 Å². The van der Waals surface area contributed by atoms with Crippen LogP contribution in [0.2, 0.25) is 0 Å². The Morgan fingerprint density at radius 3 is 2.65 bits per heavy atom. The van der Waals surface area contributed by atoms with E-state index >= 15 is 0 Å². The molecule has 7 nitrogen and oxygen atoms in total. The summed E-state index contributed by atoms with van der Waals surface area (Å²) in [5.41, 5.74) is 5.26. The Balaban J connectivity index is 3.73. The highest BCUT2D eigenvalue weighted by molar-refractivity contribution is 7.89. The van der Waals surface area contributed by atoms with Gasteiger partial charge >= 0.3 is 0 Å². The smallest absolute Gasteiger partial charge is 0.235 e. The molecule has 0 aliphatic rings. The van der Waals surface area contributed by atoms with E-state index in [-0.39, 0.29) is 18.2 Å². The molecule has 0 fully saturated rings. The van der Waals surface area contributed by atoms with E-state index in [1.165, 1.54) is 7.11 Å². The Bertz CT molecular complexity index is 305. The number of sulfonamides is 1. The van der Waals surface area contributed by atoms with Crippen molar-refractivity contribution in [2.24, 2.45) is 5.73 Å². The van der Waals surface area contributed by atoms with E-state index in [1.807, 2.05) is 0 Å². The van der Waals surface area contributed by atoms with E-state index in [2.05, 4.69) is 10.0 Å². The fraction of sp³-hybridized carbons (Fsp3) is 0.889. The number of nitrogens with two attached hydrogens (primary N) is 1. The molecule has 0 heterocycles. The highest BCUT2D eigenvalue weighted by Crippen LogP contribution is 1.92. The van der Waals surface area contributed by atoms with Gasteiger partial charge in [-0.3, -0.25) is 4.79 Å². The molecule has 0 aliphatic heterocycles. The van der Waals surface area contributed by atoms with Gasteiger partial charge in [0.15, 0.2) is 0 Å². The van der Waals surface area contributed by atoms with Gasteiger partial charge in [-0.2, -0.15) is 0 Å². The maximum Gasteiger partial charge on any atom is 0.235 e. The fourth-order valence-electron chi connectivity index (χ4n) is 1.04. The first-order chi connectivity index (χ1) is 8.02. The van der Waals surface area contributed by atoms with Gasteiger partial charge in [0.25, 0.3) is 0 Å². The van der Waals surface area contributed by atoms with Crippen molar-refractivity contribution < 1.29 is 17.9 Å². The fourth-order valence-corrected chi connectivity index (χ4v) is 2.12. The van der Waals surface area contributed by atoms with E-state index in [1.54, 1.807) is 0 Å². The van der Waals surface area contributed by atoms with Gasteiger partial charge in [-0.05, 0) is 19.4 Å². The predicted octanol–water partition coefficient (Wildman–Crippen LogP) is -1.59. The molecule has 0 atom stereocenters. The van der Waals surface area contributed by atoms with Crippen molar-refractivity contribution in [1.82, 2.24) is 10.0 Å². The van der Waals surface area contributed by atoms with Crippen molar-refractivity contribution >= 4 is 15.9 Å². The zero-order valence-electron chi connectivity index (χ0n) is 10.1. The molecular weight excluding hydrogens is 246 g/mol. The van der Waals surface area contributed by atoms with Crippen LogP contribution < -0.4 is 15.8 Å². The third kappa shape index (κ3) is 10.2. The van der Waals surface area contributed by atoms with Gasteiger partial charge in [-0.1, -0.05) is 0 Å². The van der Waals surface area contributed by atoms with E-state index in [4.69, 9.17) is 10.5 Å². The lowest BCUT2D eigenvalue weighted by Crippen LogP contribution is -2.39. The van der Waals surface area contributed by atoms with E-state index in [9.17, 15) is 13.2 Å². The van der Waals surface area contributed by atoms with Crippen LogP contribution in [0.4, 0.5) is 0 Å². The number of hydrogen-bond acceptors (Lipinski definition) is 5. The minimum Gasteiger partial charge on any atom is -0.383 e. The Morgan fingerprint density at radius 1 is 1.35 bits per heavy atom. The lowest BCUT2D eigenvalue weighted by Gasteiger charge is -2.07. The highest BCUT2D eigenvalue weighted by Gasteiger charge is 2.11. The Hall–Kier alpha value is -0.700. The van der Waals surface area contributed by atoms with Crippen LogP contribution in [0.1, 0.15) is 12.8 Å². The summed E-state index contributed by atoms with van der Waals surface area (Å²) in [5, 5.41) is 2.51. The summed E-state index contributed by atoms with van der Waals surface area (Å²) in [6, 6.07) is 0. The third-order valence-electron chi connectivity index (χ3n) is 1.95. The number of carbonyl (C=O) groups is 1. The number of hydrogen-bond donors (Lipinski definition) is 3. The van der Waals surface area contributed by atoms with E-state index < -0.39 is 10.0 Å². The largest absolute Gasteiger partial charge is 0.383 e. The molecule has 0 saturated carbocycles. The van der Waals surface area contributed by atoms with Gasteiger partial charge in [-0.15, -0.1) is 0 Å². The van der Waals surface area contributed by atoms with Crippen molar-refractivity contribution in [3.8, 4) is 0 Å². The zero-order chi connectivity index (χ0) is 13.1. The molecule has 0 aromatic heterocycles. The first-order valence-corrected chi connectivity index (χ1v) is 7.10. The summed E-state index contributed by atoms with van der Waals surface area (Å²) < 4.78 is 29.7. The number of methoxy groups -OCH3 is 1. The Labute approximate surface area is 102 Å². The second-order valence-corrected chi connectivity index (χ2v) is 5.40. The Morgan fingerprint density at radius 2 is 2.06 bits per heavy atom. The van der Waals surface area contributed by atoms with Gasteiger partial charge < -0.3 is 15.8 Å². The molecule has 0 spiro atoms. The topological polar surface area (TPSA) is 111 Å². The third-order valence-corrected chi connectivity index (χ3v) is 3.36. The zero-order valence-corrected chi connectivity index (χ0v) is 10.9. The second-order valence-electron chi connectivity index (χ2n) is 3.48. The molecular formula is C9H21N3O4S. The second kappa shape index (κ2) is 9.34. The summed E-state index contributed by atoms with van der Waals surface area (Å²) in [4.78, 5) is 11.2. The molecule has 4 N–H and O–H groups in total. The normalized spacial score (nSPS) is 11.4. The maximum absolute atomic E-state index is 11.4. The van der Waals surface area contributed by atoms with Crippen LogP contribution in [-0.4, -0.2) is 53.4 Å². The first kappa shape index (κ1) is 16.3. The molecule has 0 aromatic carbocycles. The monoisotopic (exact) mass is 267 g/mol. The molecule has 8 heteroatoms. The van der Waals surface area contributed by atoms with Gasteiger partial charge in [-0.25, -0.2) is 13.1 Å². The van der Waals surface area contributed by atoms with Gasteiger partial charge in [0.2, 0.25) is 15.9 Å². The lowest BCUT2D eigenvalue weighted by molar-refractivity contribution is -0.120. The quantitative estimate of drug-likeness (QED) is 0.413. The van der Waals surface area contributed by atoms with E-state index in [0.717, 1.165) is 0 Å². The van der Waals surface area contributed by atoms with Crippen molar-refractivity contribution in [1.29, 1.82) is 0 Å². The standard InChI is InChI=1S/C9H21N3O4S/c1-16-6-5-11-9(13)8-12-17(14,15)7-3-2-4-10/h12H,2-8,10H2,1H3,(H,11,13). The molecule has 102 valence electrons. The molecule has 0 aromatic rings. The van der Waals surface area contributed by atoms with Crippen molar-refractivity contribution in [3.05, 3.63) is 0 Å². The van der Waals surface area contributed by atoms with Crippen molar-refractivity contribution in [2.45, 2.75) is 12.8 Å². The van der Waals surface area contributed by atoms with E-state index in [0.29, 0.717) is 32.5 Å². The highest BCUT2D eigenvalue weighted by atomic mass is 32.2. The molecule has 0 unspecified atom stereocenters. The number of amides is 1. The predicted molar refractivity (Wildman–Crippen MR) is 65.0 cm³/mol. The van der Waals surface area contributed by atoms with Crippen LogP contribution >= 0.6 is 0 Å². The molecule has 0 radical (unpaired) electrons. The molecule has 0 aliphatic carbocycles. The summed E-state index contributed by atoms with van der Waals surface area (Å²) in [7, 11) is -1.86. The van der Waals surface area contributed by atoms with Gasteiger partial charge in [0.05, 0.1) is 18.9 Å². The number of nitrogens with one attached hydrogen (secondary N) is 2. The molecule has 17 heavy (non-hydrogen) atoms. The number of carbonyl (C=O) groups excluding carboxylic acids is 1. The molecule has 0 bridgehead atoms. The summed E-state index contributed by atoms with van der Waals surface area (Å²) >= 11 is 0.